The molecule has 0 radical (unpaired) electrons. The fourth-order valence-corrected chi connectivity index (χ4v) is 3.61. The van der Waals surface area contributed by atoms with E-state index in [1.807, 2.05) is 0 Å². The third-order valence-electron chi connectivity index (χ3n) is 5.48. The third-order valence-corrected chi connectivity index (χ3v) is 5.48. The molecule has 9 heteroatoms. The first-order valence-electron chi connectivity index (χ1n) is 11.1. The van der Waals surface area contributed by atoms with Gasteiger partial charge in [-0.25, -0.2) is 10.2 Å². The number of nitro benzene ring substituents is 1. The minimum Gasteiger partial charge on any atom is -0.416 e. The average molecular weight is 495 g/mol. The van der Waals surface area contributed by atoms with Crippen LogP contribution in [0.2, 0.25) is 0 Å². The number of hydrazone groups is 1. The van der Waals surface area contributed by atoms with Gasteiger partial charge in [0, 0.05) is 11.6 Å². The van der Waals surface area contributed by atoms with Crippen molar-refractivity contribution in [1.29, 1.82) is 0 Å². The number of ether oxygens (including phenoxy) is 1. The molecular formula is C28H21N3O6. The Hall–Kier alpha value is -5.15. The number of nitrogens with one attached hydrogen (secondary N) is 1. The van der Waals surface area contributed by atoms with Crippen molar-refractivity contribution in [2.24, 2.45) is 5.10 Å². The number of rotatable bonds is 8. The molecule has 0 aromatic heterocycles. The van der Waals surface area contributed by atoms with Crippen LogP contribution in [0, 0.1) is 10.1 Å². The maximum absolute atomic E-state index is 13.1. The molecule has 184 valence electrons. The first-order chi connectivity index (χ1) is 17.9. The summed E-state index contributed by atoms with van der Waals surface area (Å²) >= 11 is 0. The van der Waals surface area contributed by atoms with E-state index in [0.29, 0.717) is 11.1 Å². The van der Waals surface area contributed by atoms with Crippen LogP contribution in [0.3, 0.4) is 0 Å². The number of esters is 1. The summed E-state index contributed by atoms with van der Waals surface area (Å²) in [5.41, 5.74) is 1.02. The van der Waals surface area contributed by atoms with Gasteiger partial charge >= 0.3 is 11.7 Å². The van der Waals surface area contributed by atoms with E-state index >= 15 is 0 Å². The number of nitrogens with zero attached hydrogens (tertiary/aromatic N) is 2. The second-order valence-electron chi connectivity index (χ2n) is 7.88. The lowest BCUT2D eigenvalue weighted by atomic mass is 9.85. The predicted molar refractivity (Wildman–Crippen MR) is 136 cm³/mol. The Morgan fingerprint density at radius 2 is 1.41 bits per heavy atom. The van der Waals surface area contributed by atoms with Crippen LogP contribution in [0.15, 0.2) is 114 Å². The third kappa shape index (κ3) is 5.58. The van der Waals surface area contributed by atoms with Crippen LogP contribution in [-0.2, 0) is 10.4 Å². The summed E-state index contributed by atoms with van der Waals surface area (Å²) in [5.74, 6) is -1.79. The molecule has 0 aliphatic carbocycles. The van der Waals surface area contributed by atoms with Gasteiger partial charge in [-0.3, -0.25) is 14.9 Å². The quantitative estimate of drug-likeness (QED) is 0.124. The first kappa shape index (κ1) is 25.0. The lowest BCUT2D eigenvalue weighted by molar-refractivity contribution is -0.385. The van der Waals surface area contributed by atoms with Gasteiger partial charge in [-0.2, -0.15) is 5.10 Å². The molecular weight excluding hydrogens is 474 g/mol. The van der Waals surface area contributed by atoms with Crippen molar-refractivity contribution >= 4 is 23.8 Å². The fourth-order valence-electron chi connectivity index (χ4n) is 3.61. The maximum Gasteiger partial charge on any atom is 0.343 e. The molecule has 0 bridgehead atoms. The Balaban J connectivity index is 1.54. The Labute approximate surface area is 211 Å². The number of hydrogen-bond acceptors (Lipinski definition) is 7. The number of carbonyl (C=O) groups is 2. The lowest BCUT2D eigenvalue weighted by Crippen LogP contribution is -2.43. The van der Waals surface area contributed by atoms with Gasteiger partial charge < -0.3 is 9.84 Å². The Morgan fingerprint density at radius 3 is 1.95 bits per heavy atom. The monoisotopic (exact) mass is 495 g/mol. The Morgan fingerprint density at radius 1 is 0.865 bits per heavy atom. The van der Waals surface area contributed by atoms with Crippen LogP contribution in [0.1, 0.15) is 27.0 Å². The molecule has 4 aromatic rings. The summed E-state index contributed by atoms with van der Waals surface area (Å²) in [7, 11) is 0. The van der Waals surface area contributed by atoms with E-state index in [4.69, 9.17) is 4.74 Å². The Kier molecular flexibility index (Phi) is 7.46. The molecule has 0 spiro atoms. The van der Waals surface area contributed by atoms with Crippen LogP contribution >= 0.6 is 0 Å². The maximum atomic E-state index is 13.1. The Bertz CT molecular complexity index is 1400. The van der Waals surface area contributed by atoms with E-state index in [0.717, 1.165) is 6.07 Å². The van der Waals surface area contributed by atoms with Gasteiger partial charge in [0.25, 0.3) is 5.91 Å². The molecule has 0 saturated heterocycles. The smallest absolute Gasteiger partial charge is 0.343 e. The highest BCUT2D eigenvalue weighted by Gasteiger charge is 2.39. The van der Waals surface area contributed by atoms with E-state index in [-0.39, 0.29) is 16.9 Å². The lowest BCUT2D eigenvalue weighted by Gasteiger charge is -2.27. The largest absolute Gasteiger partial charge is 0.416 e. The zero-order chi connectivity index (χ0) is 26.3. The second-order valence-corrected chi connectivity index (χ2v) is 7.88. The number of amides is 1. The summed E-state index contributed by atoms with van der Waals surface area (Å²) in [6, 6.07) is 28.8. The summed E-state index contributed by atoms with van der Waals surface area (Å²) in [4.78, 5) is 36.3. The van der Waals surface area contributed by atoms with Crippen molar-refractivity contribution < 1.29 is 24.4 Å². The first-order valence-corrected chi connectivity index (χ1v) is 11.1. The number of carbonyl (C=O) groups excluding carboxylic acids is 2. The molecule has 37 heavy (non-hydrogen) atoms. The molecule has 0 atom stereocenters. The van der Waals surface area contributed by atoms with Crippen molar-refractivity contribution in [2.45, 2.75) is 5.60 Å². The van der Waals surface area contributed by atoms with Crippen LogP contribution < -0.4 is 10.2 Å². The van der Waals surface area contributed by atoms with Gasteiger partial charge in [-0.15, -0.1) is 0 Å². The summed E-state index contributed by atoms with van der Waals surface area (Å²) < 4.78 is 5.21. The zero-order valence-electron chi connectivity index (χ0n) is 19.4. The summed E-state index contributed by atoms with van der Waals surface area (Å²) in [6.07, 6.45) is 1.18. The highest BCUT2D eigenvalue weighted by molar-refractivity contribution is 5.92. The van der Waals surface area contributed by atoms with E-state index in [1.54, 1.807) is 78.9 Å². The van der Waals surface area contributed by atoms with Crippen molar-refractivity contribution in [1.82, 2.24) is 5.43 Å². The molecule has 1 amide bonds. The number of benzene rings is 4. The molecule has 0 aliphatic heterocycles. The van der Waals surface area contributed by atoms with Crippen LogP contribution in [-0.4, -0.2) is 28.1 Å². The molecule has 4 aromatic carbocycles. The van der Waals surface area contributed by atoms with Crippen molar-refractivity contribution in [2.75, 3.05) is 0 Å². The average Bonchev–Trinajstić information content (AvgIpc) is 2.94. The molecule has 9 nitrogen and oxygen atoms in total. The van der Waals surface area contributed by atoms with Gasteiger partial charge in [0.05, 0.1) is 16.7 Å². The standard InChI is InChI=1S/C28H21N3O6/c32-26(21-10-4-1-5-11-21)37-25-17-16-20(18-24(25)31(35)36)19-29-30-27(33)28(34,22-12-6-2-7-13-22)23-14-8-3-9-15-23/h1-19,34H,(H,30,33)/b29-19+. The number of hydrogen-bond donors (Lipinski definition) is 2. The van der Waals surface area contributed by atoms with Crippen molar-refractivity contribution in [3.8, 4) is 5.75 Å². The SMILES string of the molecule is O=C(Oc1ccc(/C=N/NC(=O)C(O)(c2ccccc2)c2ccccc2)cc1[N+](=O)[O-])c1ccccc1. The highest BCUT2D eigenvalue weighted by Crippen LogP contribution is 2.30. The van der Waals surface area contributed by atoms with Gasteiger partial charge in [-0.1, -0.05) is 78.9 Å². The van der Waals surface area contributed by atoms with Gasteiger partial charge in [-0.05, 0) is 35.4 Å². The number of aliphatic hydroxyl groups is 1. The minimum atomic E-state index is -2.03. The van der Waals surface area contributed by atoms with Gasteiger partial charge in [0.1, 0.15) is 0 Å². The predicted octanol–water partition coefficient (Wildman–Crippen LogP) is 4.20. The van der Waals surface area contributed by atoms with Crippen LogP contribution in [0.5, 0.6) is 5.75 Å². The normalized spacial score (nSPS) is 11.2. The van der Waals surface area contributed by atoms with E-state index in [1.165, 1.54) is 30.5 Å². The van der Waals surface area contributed by atoms with Crippen molar-refractivity contribution in [3.63, 3.8) is 0 Å². The number of nitro groups is 1. The summed E-state index contributed by atoms with van der Waals surface area (Å²) in [5, 5.41) is 26.9. The van der Waals surface area contributed by atoms with Crippen LogP contribution in [0.25, 0.3) is 0 Å². The second kappa shape index (κ2) is 11.1. The molecule has 0 saturated carbocycles. The van der Waals surface area contributed by atoms with E-state index in [9.17, 15) is 24.8 Å². The minimum absolute atomic E-state index is 0.234. The van der Waals surface area contributed by atoms with Gasteiger partial charge in [0.2, 0.25) is 5.75 Å². The van der Waals surface area contributed by atoms with Crippen LogP contribution in [0.4, 0.5) is 5.69 Å². The fraction of sp³-hybridized carbons (Fsp3) is 0.0357. The molecule has 2 N–H and O–H groups in total. The molecule has 0 heterocycles. The molecule has 0 unspecified atom stereocenters. The highest BCUT2D eigenvalue weighted by atomic mass is 16.6. The molecule has 4 rings (SSSR count). The topological polar surface area (TPSA) is 131 Å². The zero-order valence-corrected chi connectivity index (χ0v) is 19.4. The summed E-state index contributed by atoms with van der Waals surface area (Å²) in [6.45, 7) is 0. The van der Waals surface area contributed by atoms with E-state index in [2.05, 4.69) is 10.5 Å². The molecule has 0 aliphatic rings. The van der Waals surface area contributed by atoms with E-state index < -0.39 is 28.1 Å². The van der Waals surface area contributed by atoms with Crippen molar-refractivity contribution in [3.05, 3.63) is 142 Å². The van der Waals surface area contributed by atoms with Gasteiger partial charge in [0.15, 0.2) is 5.60 Å². The molecule has 0 fully saturated rings.